The van der Waals surface area contributed by atoms with Gasteiger partial charge in [0.25, 0.3) is 0 Å². The van der Waals surface area contributed by atoms with Crippen LogP contribution in [-0.2, 0) is 9.53 Å². The first-order valence-corrected chi connectivity index (χ1v) is 10.5. The van der Waals surface area contributed by atoms with Gasteiger partial charge in [0, 0.05) is 19.1 Å². The highest BCUT2D eigenvalue weighted by Crippen LogP contribution is 2.71. The Morgan fingerprint density at radius 1 is 1.25 bits per heavy atom. The van der Waals surface area contributed by atoms with Crippen LogP contribution in [0.5, 0.6) is 11.5 Å². The molecular weight excluding hydrogens is 354 g/mol. The molecule has 1 saturated heterocycles. The molecule has 154 valence electrons. The molecule has 1 N–H and O–H groups in total. The summed E-state index contributed by atoms with van der Waals surface area (Å²) < 4.78 is 17.8. The minimum absolute atomic E-state index is 0.0676. The minimum Gasteiger partial charge on any atom is -0.496 e. The Morgan fingerprint density at radius 2 is 1.93 bits per heavy atom. The Morgan fingerprint density at radius 3 is 2.54 bits per heavy atom. The fourth-order valence-electron chi connectivity index (χ4n) is 6.50. The predicted molar refractivity (Wildman–Crippen MR) is 108 cm³/mol. The van der Waals surface area contributed by atoms with E-state index >= 15 is 0 Å². The van der Waals surface area contributed by atoms with E-state index < -0.39 is 0 Å². The Labute approximate surface area is 168 Å². The molecule has 1 spiro atoms. The molecule has 5 heteroatoms. The molecule has 5 atom stereocenters. The maximum atomic E-state index is 12.4. The zero-order chi connectivity index (χ0) is 20.1. The van der Waals surface area contributed by atoms with Crippen LogP contribution in [0.4, 0.5) is 0 Å². The van der Waals surface area contributed by atoms with Gasteiger partial charge in [0.1, 0.15) is 11.5 Å². The van der Waals surface area contributed by atoms with Gasteiger partial charge in [-0.2, -0.15) is 0 Å². The van der Waals surface area contributed by atoms with Crippen LogP contribution >= 0.6 is 0 Å². The molecule has 0 unspecified atom stereocenters. The lowest BCUT2D eigenvalue weighted by Crippen LogP contribution is -2.58. The van der Waals surface area contributed by atoms with Gasteiger partial charge in [0.2, 0.25) is 5.91 Å². The second-order valence-corrected chi connectivity index (χ2v) is 9.27. The van der Waals surface area contributed by atoms with Crippen LogP contribution in [0.25, 0.3) is 0 Å². The molecule has 2 aliphatic carbocycles. The maximum Gasteiger partial charge on any atom is 0.219 e. The topological polar surface area (TPSA) is 56.8 Å². The zero-order valence-electron chi connectivity index (χ0n) is 17.7. The van der Waals surface area contributed by atoms with Crippen LogP contribution in [0.2, 0.25) is 0 Å². The fourth-order valence-corrected chi connectivity index (χ4v) is 6.50. The van der Waals surface area contributed by atoms with Gasteiger partial charge in [0.15, 0.2) is 0 Å². The molecule has 2 saturated carbocycles. The number of carbonyl (C=O) groups is 1. The molecule has 1 heterocycles. The van der Waals surface area contributed by atoms with Crippen molar-refractivity contribution < 1.29 is 19.0 Å². The first-order chi connectivity index (χ1) is 13.4. The molecule has 2 bridgehead atoms. The van der Waals surface area contributed by atoms with E-state index in [1.54, 1.807) is 14.2 Å². The number of fused-ring (bicyclic) bond motifs is 1. The van der Waals surface area contributed by atoms with Crippen molar-refractivity contribution >= 4 is 5.91 Å². The average molecular weight is 388 g/mol. The summed E-state index contributed by atoms with van der Waals surface area (Å²) in [4.78, 5) is 12.4. The van der Waals surface area contributed by atoms with Crippen LogP contribution in [0.1, 0.15) is 58.1 Å². The number of hydrogen-bond donors (Lipinski definition) is 1. The summed E-state index contributed by atoms with van der Waals surface area (Å²) >= 11 is 0. The van der Waals surface area contributed by atoms with Crippen molar-refractivity contribution in [1.82, 2.24) is 5.32 Å². The van der Waals surface area contributed by atoms with E-state index in [1.165, 1.54) is 0 Å². The Balaban J connectivity index is 1.76. The first-order valence-electron chi connectivity index (χ1n) is 10.5. The van der Waals surface area contributed by atoms with Crippen LogP contribution in [-0.4, -0.2) is 32.8 Å². The summed E-state index contributed by atoms with van der Waals surface area (Å²) in [6, 6.07) is 6.10. The quantitative estimate of drug-likeness (QED) is 0.826. The zero-order valence-corrected chi connectivity index (χ0v) is 17.7. The van der Waals surface area contributed by atoms with Crippen LogP contribution in [0, 0.1) is 22.7 Å². The smallest absolute Gasteiger partial charge is 0.219 e. The Bertz CT molecular complexity index is 739. The monoisotopic (exact) mass is 387 g/mol. The van der Waals surface area contributed by atoms with Crippen molar-refractivity contribution in [3.05, 3.63) is 23.8 Å². The lowest BCUT2D eigenvalue weighted by Gasteiger charge is -2.53. The summed E-state index contributed by atoms with van der Waals surface area (Å²) in [5, 5.41) is 3.41. The van der Waals surface area contributed by atoms with E-state index in [1.807, 2.05) is 25.1 Å². The molecule has 1 aliphatic heterocycles. The summed E-state index contributed by atoms with van der Waals surface area (Å²) in [6.45, 7) is 7.29. The van der Waals surface area contributed by atoms with Gasteiger partial charge in [0.05, 0.1) is 25.9 Å². The third-order valence-corrected chi connectivity index (χ3v) is 7.88. The minimum atomic E-state index is -0.0676. The van der Waals surface area contributed by atoms with Gasteiger partial charge < -0.3 is 19.5 Å². The largest absolute Gasteiger partial charge is 0.496 e. The van der Waals surface area contributed by atoms with Crippen molar-refractivity contribution in [2.24, 2.45) is 22.7 Å². The number of benzene rings is 1. The van der Waals surface area contributed by atoms with Gasteiger partial charge in [-0.3, -0.25) is 4.79 Å². The normalized spacial score (nSPS) is 35.3. The van der Waals surface area contributed by atoms with E-state index in [-0.39, 0.29) is 28.9 Å². The second kappa shape index (κ2) is 6.94. The number of nitrogens with one attached hydrogen (secondary N) is 1. The molecule has 0 aromatic heterocycles. The molecule has 1 aromatic carbocycles. The van der Waals surface area contributed by atoms with Crippen molar-refractivity contribution in [3.63, 3.8) is 0 Å². The molecule has 1 aromatic rings. The van der Waals surface area contributed by atoms with Crippen LogP contribution < -0.4 is 14.8 Å². The molecule has 5 nitrogen and oxygen atoms in total. The van der Waals surface area contributed by atoms with E-state index in [4.69, 9.17) is 14.2 Å². The third kappa shape index (κ3) is 2.66. The van der Waals surface area contributed by atoms with Crippen LogP contribution in [0.15, 0.2) is 18.2 Å². The number of rotatable bonds is 5. The summed E-state index contributed by atoms with van der Waals surface area (Å²) in [7, 11) is 3.40. The number of hydrogen-bond acceptors (Lipinski definition) is 4. The maximum absolute atomic E-state index is 12.4. The molecule has 0 radical (unpaired) electrons. The summed E-state index contributed by atoms with van der Waals surface area (Å²) in [6.07, 6.45) is 3.74. The van der Waals surface area contributed by atoms with Crippen molar-refractivity contribution in [2.75, 3.05) is 20.8 Å². The van der Waals surface area contributed by atoms with Crippen molar-refractivity contribution in [3.8, 4) is 11.5 Å². The van der Waals surface area contributed by atoms with E-state index in [9.17, 15) is 4.79 Å². The first kappa shape index (κ1) is 19.6. The predicted octanol–water partition coefficient (Wildman–Crippen LogP) is 4.11. The highest BCUT2D eigenvalue weighted by Gasteiger charge is 2.68. The highest BCUT2D eigenvalue weighted by molar-refractivity contribution is 5.76. The van der Waals surface area contributed by atoms with Crippen molar-refractivity contribution in [1.29, 1.82) is 0 Å². The molecule has 4 rings (SSSR count). The van der Waals surface area contributed by atoms with Crippen molar-refractivity contribution in [2.45, 2.75) is 58.6 Å². The standard InChI is InChI=1S/C23H33NO4/c1-6-18(25)24-21-22(2,3)14-12-15-20(28-11-10-23(15,21)13-14)19-16(26-4)8-7-9-17(19)27-5/h7-9,14-15,20-21H,6,10-13H2,1-5H3,(H,24,25)/t14-,15-,20+,21+,23-/m1/s1. The molecule has 1 amide bonds. The number of amides is 1. The Kier molecular flexibility index (Phi) is 4.85. The number of carbonyl (C=O) groups excluding carboxylic acids is 1. The Hall–Kier alpha value is -1.75. The third-order valence-electron chi connectivity index (χ3n) is 7.88. The lowest BCUT2D eigenvalue weighted by molar-refractivity contribution is -0.137. The second-order valence-electron chi connectivity index (χ2n) is 9.27. The van der Waals surface area contributed by atoms with Gasteiger partial charge in [-0.15, -0.1) is 0 Å². The SMILES string of the molecule is CCC(=O)N[C@H]1C(C)(C)[C@@H]2C[C@@H]3[C@@H](c4c(OC)cccc4OC)OCC[C@@]31C2. The molecular formula is C23H33NO4. The molecule has 28 heavy (non-hydrogen) atoms. The van der Waals surface area contributed by atoms with E-state index in [0.29, 0.717) is 24.9 Å². The molecule has 3 aliphatic rings. The lowest BCUT2D eigenvalue weighted by atomic mass is 9.58. The summed E-state index contributed by atoms with van der Waals surface area (Å²) in [5.41, 5.74) is 1.20. The highest BCUT2D eigenvalue weighted by atomic mass is 16.5. The fraction of sp³-hybridized carbons (Fsp3) is 0.696. The summed E-state index contributed by atoms with van der Waals surface area (Å²) in [5.74, 6) is 2.73. The van der Waals surface area contributed by atoms with Gasteiger partial charge in [-0.25, -0.2) is 0 Å². The molecule has 3 fully saturated rings. The van der Waals surface area contributed by atoms with Gasteiger partial charge in [-0.1, -0.05) is 26.8 Å². The van der Waals surface area contributed by atoms with Gasteiger partial charge >= 0.3 is 0 Å². The average Bonchev–Trinajstić information content (AvgIpc) is 3.19. The van der Waals surface area contributed by atoms with E-state index in [0.717, 1.165) is 36.3 Å². The van der Waals surface area contributed by atoms with Gasteiger partial charge in [-0.05, 0) is 54.1 Å². The van der Waals surface area contributed by atoms with Crippen LogP contribution in [0.3, 0.4) is 0 Å². The number of methoxy groups -OCH3 is 2. The number of ether oxygens (including phenoxy) is 3. The van der Waals surface area contributed by atoms with E-state index in [2.05, 4.69) is 19.2 Å².